The van der Waals surface area contributed by atoms with E-state index < -0.39 is 0 Å². The summed E-state index contributed by atoms with van der Waals surface area (Å²) in [5, 5.41) is 3.36. The second-order valence-electron chi connectivity index (χ2n) is 4.18. The molecule has 0 saturated carbocycles. The van der Waals surface area contributed by atoms with Crippen molar-refractivity contribution >= 4 is 0 Å². The molecular weight excluding hydrogens is 179 g/mol. The normalized spacial score (nSPS) is 19.1. The van der Waals surface area contributed by atoms with Gasteiger partial charge in [-0.05, 0) is 44.8 Å². The Labute approximate surface area is 86.9 Å². The van der Waals surface area contributed by atoms with Crippen molar-refractivity contribution in [3.63, 3.8) is 0 Å². The minimum absolute atomic E-state index is 0.203. The first-order valence-electron chi connectivity index (χ1n) is 5.85. The second kappa shape index (κ2) is 7.18. The summed E-state index contributed by atoms with van der Waals surface area (Å²) in [5.41, 5.74) is 0. The molecule has 1 heterocycles. The quantitative estimate of drug-likeness (QED) is 0.705. The topological polar surface area (TPSA) is 15.3 Å². The first-order valence-corrected chi connectivity index (χ1v) is 5.85. The molecule has 2 nitrogen and oxygen atoms in total. The Balaban J connectivity index is 2.21. The van der Waals surface area contributed by atoms with Crippen molar-refractivity contribution in [2.45, 2.75) is 26.2 Å². The van der Waals surface area contributed by atoms with E-state index in [4.69, 9.17) is 0 Å². The highest BCUT2D eigenvalue weighted by Crippen LogP contribution is 2.13. The van der Waals surface area contributed by atoms with Crippen LogP contribution in [0.4, 0.5) is 4.39 Å². The summed E-state index contributed by atoms with van der Waals surface area (Å²) in [5.74, 6) is 0.786. The molecule has 1 aliphatic heterocycles. The van der Waals surface area contributed by atoms with E-state index in [1.165, 1.54) is 12.8 Å². The summed E-state index contributed by atoms with van der Waals surface area (Å²) in [6.07, 6.45) is 3.64. The van der Waals surface area contributed by atoms with Gasteiger partial charge in [-0.3, -0.25) is 0 Å². The van der Waals surface area contributed by atoms with Crippen LogP contribution in [0.5, 0.6) is 0 Å². The molecule has 0 aromatic heterocycles. The van der Waals surface area contributed by atoms with E-state index in [9.17, 15) is 4.39 Å². The van der Waals surface area contributed by atoms with Crippen LogP contribution < -0.4 is 5.32 Å². The molecule has 1 N–H and O–H groups in total. The Morgan fingerprint density at radius 2 is 2.00 bits per heavy atom. The summed E-state index contributed by atoms with van der Waals surface area (Å²) >= 11 is 0. The zero-order valence-electron chi connectivity index (χ0n) is 9.27. The van der Waals surface area contributed by atoms with Crippen molar-refractivity contribution in [1.82, 2.24) is 10.2 Å². The van der Waals surface area contributed by atoms with Crippen LogP contribution in [0, 0.1) is 5.92 Å². The fourth-order valence-corrected chi connectivity index (χ4v) is 2.16. The van der Waals surface area contributed by atoms with Crippen molar-refractivity contribution in [2.24, 2.45) is 5.92 Å². The molecule has 0 radical (unpaired) electrons. The monoisotopic (exact) mass is 202 g/mol. The first-order chi connectivity index (χ1) is 6.86. The third-order valence-electron chi connectivity index (χ3n) is 2.92. The second-order valence-corrected chi connectivity index (χ2v) is 4.18. The molecule has 0 aromatic rings. The Morgan fingerprint density at radius 3 is 2.57 bits per heavy atom. The highest BCUT2D eigenvalue weighted by molar-refractivity contribution is 4.72. The lowest BCUT2D eigenvalue weighted by Gasteiger charge is -2.29. The van der Waals surface area contributed by atoms with Gasteiger partial charge in [0.2, 0.25) is 0 Å². The molecule has 1 fully saturated rings. The number of piperidine rings is 1. The summed E-state index contributed by atoms with van der Waals surface area (Å²) in [4.78, 5) is 2.27. The average Bonchev–Trinajstić information content (AvgIpc) is 2.20. The van der Waals surface area contributed by atoms with Gasteiger partial charge in [-0.15, -0.1) is 0 Å². The molecule has 3 heteroatoms. The van der Waals surface area contributed by atoms with Crippen LogP contribution in [0.3, 0.4) is 0 Å². The van der Waals surface area contributed by atoms with E-state index in [0.29, 0.717) is 6.54 Å². The zero-order chi connectivity index (χ0) is 10.2. The standard InChI is InChI=1S/C11H23FN2/c1-2-8-14(9-5-12)10-11-3-6-13-7-4-11/h11,13H,2-10H2,1H3. The van der Waals surface area contributed by atoms with Gasteiger partial charge in [-0.25, -0.2) is 4.39 Å². The Bertz CT molecular complexity index is 129. The predicted molar refractivity (Wildman–Crippen MR) is 58.3 cm³/mol. The predicted octanol–water partition coefficient (Wildman–Crippen LogP) is 1.67. The summed E-state index contributed by atoms with van der Waals surface area (Å²) in [6.45, 7) is 7.00. The third kappa shape index (κ3) is 4.38. The van der Waals surface area contributed by atoms with Crippen molar-refractivity contribution < 1.29 is 4.39 Å². The van der Waals surface area contributed by atoms with Gasteiger partial charge in [0.05, 0.1) is 0 Å². The highest BCUT2D eigenvalue weighted by atomic mass is 19.1. The number of nitrogens with one attached hydrogen (secondary N) is 1. The minimum Gasteiger partial charge on any atom is -0.317 e. The number of alkyl halides is 1. The van der Waals surface area contributed by atoms with E-state index in [-0.39, 0.29) is 6.67 Å². The summed E-state index contributed by atoms with van der Waals surface area (Å²) in [6, 6.07) is 0. The zero-order valence-corrected chi connectivity index (χ0v) is 9.27. The van der Waals surface area contributed by atoms with E-state index in [2.05, 4.69) is 17.1 Å². The van der Waals surface area contributed by atoms with Gasteiger partial charge < -0.3 is 10.2 Å². The number of rotatable bonds is 6. The maximum Gasteiger partial charge on any atom is 0.102 e. The molecule has 1 rings (SSSR count). The van der Waals surface area contributed by atoms with Crippen LogP contribution in [-0.4, -0.2) is 44.3 Å². The molecule has 0 atom stereocenters. The Morgan fingerprint density at radius 1 is 1.29 bits per heavy atom. The fourth-order valence-electron chi connectivity index (χ4n) is 2.16. The SMILES string of the molecule is CCCN(CCF)CC1CCNCC1. The smallest absolute Gasteiger partial charge is 0.102 e. The van der Waals surface area contributed by atoms with Crippen molar-refractivity contribution in [3.05, 3.63) is 0 Å². The Kier molecular flexibility index (Phi) is 6.12. The van der Waals surface area contributed by atoms with E-state index >= 15 is 0 Å². The fraction of sp³-hybridized carbons (Fsp3) is 1.00. The average molecular weight is 202 g/mol. The molecular formula is C11H23FN2. The number of hydrogen-bond acceptors (Lipinski definition) is 2. The van der Waals surface area contributed by atoms with Gasteiger partial charge in [0, 0.05) is 13.1 Å². The minimum atomic E-state index is -0.203. The Hall–Kier alpha value is -0.150. The van der Waals surface area contributed by atoms with Gasteiger partial charge in [0.1, 0.15) is 6.67 Å². The molecule has 0 spiro atoms. The lowest BCUT2D eigenvalue weighted by Crippen LogP contribution is -2.37. The van der Waals surface area contributed by atoms with Gasteiger partial charge in [0.15, 0.2) is 0 Å². The molecule has 1 aliphatic rings. The molecule has 14 heavy (non-hydrogen) atoms. The van der Waals surface area contributed by atoms with Gasteiger partial charge in [-0.1, -0.05) is 6.92 Å². The molecule has 0 bridgehead atoms. The number of hydrogen-bond donors (Lipinski definition) is 1. The van der Waals surface area contributed by atoms with Crippen LogP contribution in [-0.2, 0) is 0 Å². The molecule has 0 aliphatic carbocycles. The molecule has 1 saturated heterocycles. The lowest BCUT2D eigenvalue weighted by atomic mass is 9.97. The maximum absolute atomic E-state index is 12.3. The lowest BCUT2D eigenvalue weighted by molar-refractivity contribution is 0.192. The number of halogens is 1. The van der Waals surface area contributed by atoms with Crippen LogP contribution in [0.2, 0.25) is 0 Å². The van der Waals surface area contributed by atoms with Crippen molar-refractivity contribution in [3.8, 4) is 0 Å². The van der Waals surface area contributed by atoms with Gasteiger partial charge >= 0.3 is 0 Å². The summed E-state index contributed by atoms with van der Waals surface area (Å²) < 4.78 is 12.3. The molecule has 0 aromatic carbocycles. The van der Waals surface area contributed by atoms with E-state index in [1.54, 1.807) is 0 Å². The van der Waals surface area contributed by atoms with Crippen molar-refractivity contribution in [1.29, 1.82) is 0 Å². The van der Waals surface area contributed by atoms with Gasteiger partial charge in [0.25, 0.3) is 0 Å². The number of nitrogens with zero attached hydrogens (tertiary/aromatic N) is 1. The summed E-state index contributed by atoms with van der Waals surface area (Å²) in [7, 11) is 0. The first kappa shape index (κ1) is 11.9. The largest absolute Gasteiger partial charge is 0.317 e. The molecule has 0 amide bonds. The van der Waals surface area contributed by atoms with Crippen LogP contribution in [0.15, 0.2) is 0 Å². The highest BCUT2D eigenvalue weighted by Gasteiger charge is 2.16. The third-order valence-corrected chi connectivity index (χ3v) is 2.92. The van der Waals surface area contributed by atoms with Crippen LogP contribution in [0.1, 0.15) is 26.2 Å². The molecule has 84 valence electrons. The molecule has 0 unspecified atom stereocenters. The van der Waals surface area contributed by atoms with E-state index in [1.807, 2.05) is 0 Å². The maximum atomic E-state index is 12.3. The van der Waals surface area contributed by atoms with E-state index in [0.717, 1.165) is 38.5 Å². The van der Waals surface area contributed by atoms with Gasteiger partial charge in [-0.2, -0.15) is 0 Å². The van der Waals surface area contributed by atoms with Crippen LogP contribution in [0.25, 0.3) is 0 Å². The van der Waals surface area contributed by atoms with Crippen molar-refractivity contribution in [2.75, 3.05) is 39.4 Å². The van der Waals surface area contributed by atoms with Crippen LogP contribution >= 0.6 is 0 Å².